The normalized spacial score (nSPS) is 12.5. The van der Waals surface area contributed by atoms with Gasteiger partial charge in [-0.2, -0.15) is 9.30 Å². The first kappa shape index (κ1) is 27.9. The molecule has 0 aliphatic carbocycles. The fourth-order valence-corrected chi connectivity index (χ4v) is 6.88. The van der Waals surface area contributed by atoms with Crippen LogP contribution in [-0.2, 0) is 27.8 Å². The molecule has 1 amide bonds. The lowest BCUT2D eigenvalue weighted by atomic mass is 10.1. The lowest BCUT2D eigenvalue weighted by Gasteiger charge is -2.20. The van der Waals surface area contributed by atoms with Crippen LogP contribution in [0.1, 0.15) is 40.9 Å². The number of hydrogen-bond donors (Lipinski definition) is 0. The summed E-state index contributed by atoms with van der Waals surface area (Å²) in [5, 5.41) is 0. The van der Waals surface area contributed by atoms with Gasteiger partial charge in [-0.25, -0.2) is 8.42 Å². The van der Waals surface area contributed by atoms with E-state index in [4.69, 9.17) is 4.74 Å². The quantitative estimate of drug-likeness (QED) is 0.250. The zero-order chi connectivity index (χ0) is 27.3. The van der Waals surface area contributed by atoms with Gasteiger partial charge >= 0.3 is 0 Å². The summed E-state index contributed by atoms with van der Waals surface area (Å²) >= 11 is 1.47. The monoisotopic (exact) mass is 551 g/mol. The van der Waals surface area contributed by atoms with Crippen LogP contribution in [0.15, 0.2) is 76.6 Å². The molecule has 0 bridgehead atoms. The lowest BCUT2D eigenvalue weighted by molar-refractivity contribution is 0.0996. The maximum Gasteiger partial charge on any atom is 0.279 e. The number of ether oxygens (including phenoxy) is 1. The van der Waals surface area contributed by atoms with E-state index in [0.717, 1.165) is 26.9 Å². The van der Waals surface area contributed by atoms with Gasteiger partial charge in [0.05, 0.1) is 21.7 Å². The third-order valence-electron chi connectivity index (χ3n) is 6.27. The molecule has 0 aliphatic heterocycles. The van der Waals surface area contributed by atoms with Crippen molar-refractivity contribution in [2.45, 2.75) is 45.7 Å². The molecular formula is C29H33N3O4S2. The minimum Gasteiger partial charge on any atom is -0.380 e. The number of thiazole rings is 1. The molecule has 0 radical (unpaired) electrons. The number of rotatable bonds is 10. The molecule has 0 atom stereocenters. The molecule has 7 nitrogen and oxygen atoms in total. The number of nitrogens with zero attached hydrogens (tertiary/aromatic N) is 3. The Hall–Kier alpha value is -3.11. The largest absolute Gasteiger partial charge is 0.380 e. The topological polar surface area (TPSA) is 81.0 Å². The average Bonchev–Trinajstić information content (AvgIpc) is 3.25. The molecule has 0 spiro atoms. The van der Waals surface area contributed by atoms with Gasteiger partial charge in [-0.05, 0) is 67.8 Å². The Kier molecular flexibility index (Phi) is 8.94. The Morgan fingerprint density at radius 2 is 1.74 bits per heavy atom. The van der Waals surface area contributed by atoms with Crippen LogP contribution in [0, 0.1) is 13.8 Å². The summed E-state index contributed by atoms with van der Waals surface area (Å²) in [5.74, 6) is -0.420. The maximum absolute atomic E-state index is 13.3. The van der Waals surface area contributed by atoms with E-state index in [1.165, 1.54) is 39.9 Å². The zero-order valence-electron chi connectivity index (χ0n) is 22.2. The van der Waals surface area contributed by atoms with Crippen LogP contribution in [0.4, 0.5) is 0 Å². The Morgan fingerprint density at radius 1 is 1.03 bits per heavy atom. The van der Waals surface area contributed by atoms with Crippen LogP contribution in [0.3, 0.4) is 0 Å². The molecule has 200 valence electrons. The molecule has 1 aromatic heterocycles. The number of hydrogen-bond acceptors (Lipinski definition) is 5. The van der Waals surface area contributed by atoms with Crippen LogP contribution in [0.2, 0.25) is 0 Å². The highest BCUT2D eigenvalue weighted by molar-refractivity contribution is 7.89. The van der Waals surface area contributed by atoms with Crippen molar-refractivity contribution in [2.75, 3.05) is 19.8 Å². The SMILES string of the molecule is CCOCCn1c(=NC(=O)c2ccc(S(=O)(=O)N(CC)Cc3ccccc3)cc2)sc2c(C)cc(C)cc21. The molecule has 0 N–H and O–H groups in total. The summed E-state index contributed by atoms with van der Waals surface area (Å²) in [7, 11) is -3.72. The molecule has 0 unspecified atom stereocenters. The summed E-state index contributed by atoms with van der Waals surface area (Å²) in [4.78, 5) is 18.3. The summed E-state index contributed by atoms with van der Waals surface area (Å²) in [6.45, 7) is 10.2. The van der Waals surface area contributed by atoms with Gasteiger partial charge in [-0.3, -0.25) is 4.79 Å². The summed E-state index contributed by atoms with van der Waals surface area (Å²) in [6, 6.07) is 19.7. The van der Waals surface area contributed by atoms with E-state index in [-0.39, 0.29) is 11.4 Å². The smallest absolute Gasteiger partial charge is 0.279 e. The minimum absolute atomic E-state index is 0.145. The van der Waals surface area contributed by atoms with Crippen molar-refractivity contribution in [2.24, 2.45) is 4.99 Å². The number of carbonyl (C=O) groups is 1. The molecule has 9 heteroatoms. The minimum atomic E-state index is -3.72. The van der Waals surface area contributed by atoms with Crippen molar-refractivity contribution in [3.63, 3.8) is 0 Å². The average molecular weight is 552 g/mol. The molecule has 4 rings (SSSR count). The van der Waals surface area contributed by atoms with Gasteiger partial charge < -0.3 is 9.30 Å². The number of amides is 1. The predicted molar refractivity (Wildman–Crippen MR) is 152 cm³/mol. The molecule has 0 fully saturated rings. The second-order valence-corrected chi connectivity index (χ2v) is 11.9. The number of carbonyl (C=O) groups excluding carboxylic acids is 1. The van der Waals surface area contributed by atoms with E-state index in [0.29, 0.717) is 36.7 Å². The predicted octanol–water partition coefficient (Wildman–Crippen LogP) is 5.31. The van der Waals surface area contributed by atoms with Crippen molar-refractivity contribution in [1.29, 1.82) is 0 Å². The van der Waals surface area contributed by atoms with Gasteiger partial charge in [0.2, 0.25) is 10.0 Å². The molecule has 3 aromatic carbocycles. The molecule has 38 heavy (non-hydrogen) atoms. The van der Waals surface area contributed by atoms with E-state index < -0.39 is 15.9 Å². The van der Waals surface area contributed by atoms with Crippen molar-refractivity contribution in [3.05, 3.63) is 93.8 Å². The van der Waals surface area contributed by atoms with Crippen molar-refractivity contribution >= 4 is 37.5 Å². The number of aromatic nitrogens is 1. The second kappa shape index (κ2) is 12.2. The molecule has 4 aromatic rings. The number of aryl methyl sites for hydroxylation is 2. The fourth-order valence-electron chi connectivity index (χ4n) is 4.34. The molecule has 0 saturated heterocycles. The Bertz CT molecular complexity index is 1590. The highest BCUT2D eigenvalue weighted by Crippen LogP contribution is 2.24. The summed E-state index contributed by atoms with van der Waals surface area (Å²) in [6.07, 6.45) is 0. The first-order valence-corrected chi connectivity index (χ1v) is 14.9. The molecule has 0 aliphatic rings. The highest BCUT2D eigenvalue weighted by atomic mass is 32.2. The van der Waals surface area contributed by atoms with Gasteiger partial charge in [-0.1, -0.05) is 54.7 Å². The van der Waals surface area contributed by atoms with Gasteiger partial charge in [0.25, 0.3) is 5.91 Å². The highest BCUT2D eigenvalue weighted by Gasteiger charge is 2.23. The van der Waals surface area contributed by atoms with Gasteiger partial charge in [0.1, 0.15) is 0 Å². The van der Waals surface area contributed by atoms with Crippen molar-refractivity contribution in [3.8, 4) is 0 Å². The molecule has 0 saturated carbocycles. The number of sulfonamides is 1. The van der Waals surface area contributed by atoms with Crippen molar-refractivity contribution < 1.29 is 17.9 Å². The summed E-state index contributed by atoms with van der Waals surface area (Å²) in [5.41, 5.74) is 4.54. The zero-order valence-corrected chi connectivity index (χ0v) is 23.8. The van der Waals surface area contributed by atoms with Gasteiger partial charge in [-0.15, -0.1) is 0 Å². The first-order chi connectivity index (χ1) is 18.2. The van der Waals surface area contributed by atoms with Crippen LogP contribution >= 0.6 is 11.3 Å². The molecular weight excluding hydrogens is 518 g/mol. The van der Waals surface area contributed by atoms with E-state index >= 15 is 0 Å². The Balaban J connectivity index is 1.63. The third kappa shape index (κ3) is 6.13. The van der Waals surface area contributed by atoms with Crippen LogP contribution in [-0.4, -0.2) is 43.0 Å². The third-order valence-corrected chi connectivity index (χ3v) is 9.43. The Labute approximate surface area is 228 Å². The standard InChI is InChI=1S/C29H33N3O4S2/c1-5-31(20-23-10-8-7-9-11-23)38(34,35)25-14-12-24(13-15-25)28(33)30-29-32(16-17-36-6-2)26-19-21(3)18-22(4)27(26)37-29/h7-15,18-19H,5-6,16-17,20H2,1-4H3. The first-order valence-electron chi connectivity index (χ1n) is 12.7. The summed E-state index contributed by atoms with van der Waals surface area (Å²) < 4.78 is 36.6. The number of benzene rings is 3. The second-order valence-electron chi connectivity index (χ2n) is 9.02. The van der Waals surface area contributed by atoms with E-state index in [2.05, 4.69) is 24.0 Å². The Morgan fingerprint density at radius 3 is 2.39 bits per heavy atom. The molecule has 1 heterocycles. The van der Waals surface area contributed by atoms with E-state index in [1.54, 1.807) is 0 Å². The van der Waals surface area contributed by atoms with Crippen molar-refractivity contribution in [1.82, 2.24) is 8.87 Å². The van der Waals surface area contributed by atoms with E-state index in [9.17, 15) is 13.2 Å². The van der Waals surface area contributed by atoms with E-state index in [1.807, 2.05) is 55.7 Å². The fraction of sp³-hybridized carbons (Fsp3) is 0.310. The maximum atomic E-state index is 13.3. The lowest BCUT2D eigenvalue weighted by Crippen LogP contribution is -2.30. The van der Waals surface area contributed by atoms with Gasteiger partial charge in [0, 0.05) is 31.8 Å². The van der Waals surface area contributed by atoms with Crippen LogP contribution in [0.25, 0.3) is 10.2 Å². The van der Waals surface area contributed by atoms with Gasteiger partial charge in [0.15, 0.2) is 4.80 Å². The van der Waals surface area contributed by atoms with Crippen LogP contribution in [0.5, 0.6) is 0 Å². The van der Waals surface area contributed by atoms with Crippen LogP contribution < -0.4 is 4.80 Å². The number of fused-ring (bicyclic) bond motifs is 1.